The van der Waals surface area contributed by atoms with Gasteiger partial charge in [-0.3, -0.25) is 4.90 Å². The maximum Gasteiger partial charge on any atom is 0.0594 e. The summed E-state index contributed by atoms with van der Waals surface area (Å²) in [5.74, 6) is 0. The van der Waals surface area contributed by atoms with Gasteiger partial charge in [0, 0.05) is 36.6 Å². The van der Waals surface area contributed by atoms with Crippen molar-refractivity contribution >= 4 is 11.6 Å². The van der Waals surface area contributed by atoms with E-state index in [9.17, 15) is 0 Å². The van der Waals surface area contributed by atoms with Crippen LogP contribution in [0.3, 0.4) is 0 Å². The minimum absolute atomic E-state index is 0.223. The van der Waals surface area contributed by atoms with Crippen LogP contribution in [0.5, 0.6) is 0 Å². The molecule has 0 spiro atoms. The highest BCUT2D eigenvalue weighted by atomic mass is 35.5. The van der Waals surface area contributed by atoms with Gasteiger partial charge in [0.2, 0.25) is 0 Å². The first-order valence-electron chi connectivity index (χ1n) is 7.03. The molecule has 1 aliphatic heterocycles. The van der Waals surface area contributed by atoms with E-state index in [0.717, 1.165) is 44.4 Å². The number of ether oxygens (including phenoxy) is 1. The Hall–Kier alpha value is -0.610. The zero-order valence-electron chi connectivity index (χ0n) is 11.2. The van der Waals surface area contributed by atoms with E-state index in [0.29, 0.717) is 0 Å². The fourth-order valence-electron chi connectivity index (χ4n) is 2.77. The van der Waals surface area contributed by atoms with E-state index >= 15 is 0 Å². The Morgan fingerprint density at radius 2 is 2.00 bits per heavy atom. The highest BCUT2D eigenvalue weighted by Gasteiger charge is 2.42. The van der Waals surface area contributed by atoms with Crippen molar-refractivity contribution in [2.75, 3.05) is 32.8 Å². The molecular formula is C15H21ClN2O. The van der Waals surface area contributed by atoms with E-state index in [1.165, 1.54) is 24.0 Å². The molecule has 3 rings (SSSR count). The second-order valence-corrected chi connectivity index (χ2v) is 6.09. The Bertz CT molecular complexity index is 453. The lowest BCUT2D eigenvalue weighted by Crippen LogP contribution is -2.35. The summed E-state index contributed by atoms with van der Waals surface area (Å²) in [5, 5.41) is 0.878. The van der Waals surface area contributed by atoms with Crippen LogP contribution in [0.4, 0.5) is 0 Å². The highest BCUT2D eigenvalue weighted by Crippen LogP contribution is 2.47. The third kappa shape index (κ3) is 2.79. The molecule has 4 heteroatoms. The molecule has 104 valence electrons. The molecule has 0 unspecified atom stereocenters. The lowest BCUT2D eigenvalue weighted by atomic mass is 9.95. The van der Waals surface area contributed by atoms with Gasteiger partial charge in [0.05, 0.1) is 13.2 Å². The standard InChI is InChI=1S/C15H21ClN2O/c16-14-9-13(15(11-17)3-4-15)2-1-12(14)10-18-5-7-19-8-6-18/h1-2,9H,3-8,10-11,17H2. The monoisotopic (exact) mass is 280 g/mol. The molecule has 0 amide bonds. The van der Waals surface area contributed by atoms with Gasteiger partial charge in [-0.15, -0.1) is 0 Å². The summed E-state index contributed by atoms with van der Waals surface area (Å²) in [6, 6.07) is 6.50. The molecule has 1 aromatic rings. The van der Waals surface area contributed by atoms with Crippen molar-refractivity contribution in [3.63, 3.8) is 0 Å². The number of hydrogen-bond donors (Lipinski definition) is 1. The van der Waals surface area contributed by atoms with Crippen molar-refractivity contribution in [2.24, 2.45) is 5.73 Å². The van der Waals surface area contributed by atoms with Crippen LogP contribution in [0.2, 0.25) is 5.02 Å². The third-order valence-corrected chi connectivity index (χ3v) is 4.76. The zero-order chi connectivity index (χ0) is 13.3. The second-order valence-electron chi connectivity index (χ2n) is 5.68. The summed E-state index contributed by atoms with van der Waals surface area (Å²) in [6.45, 7) is 5.28. The van der Waals surface area contributed by atoms with Crippen LogP contribution in [-0.2, 0) is 16.7 Å². The van der Waals surface area contributed by atoms with Gasteiger partial charge in [0.25, 0.3) is 0 Å². The Kier molecular flexibility index (Phi) is 3.81. The molecule has 0 radical (unpaired) electrons. The third-order valence-electron chi connectivity index (χ3n) is 4.41. The summed E-state index contributed by atoms with van der Waals surface area (Å²) in [4.78, 5) is 2.39. The summed E-state index contributed by atoms with van der Waals surface area (Å²) >= 11 is 6.44. The molecule has 2 aliphatic rings. The van der Waals surface area contributed by atoms with E-state index < -0.39 is 0 Å². The summed E-state index contributed by atoms with van der Waals surface area (Å²) < 4.78 is 5.37. The minimum Gasteiger partial charge on any atom is -0.379 e. The molecule has 1 saturated carbocycles. The predicted molar refractivity (Wildman–Crippen MR) is 77.5 cm³/mol. The Labute approximate surface area is 119 Å². The maximum atomic E-state index is 6.44. The van der Waals surface area contributed by atoms with E-state index in [2.05, 4.69) is 23.1 Å². The Morgan fingerprint density at radius 3 is 2.58 bits per heavy atom. The van der Waals surface area contributed by atoms with Crippen LogP contribution in [0, 0.1) is 0 Å². The normalized spacial score (nSPS) is 22.4. The number of nitrogens with zero attached hydrogens (tertiary/aromatic N) is 1. The van der Waals surface area contributed by atoms with Gasteiger partial charge in [-0.2, -0.15) is 0 Å². The molecule has 3 nitrogen and oxygen atoms in total. The van der Waals surface area contributed by atoms with E-state index in [1.54, 1.807) is 0 Å². The minimum atomic E-state index is 0.223. The largest absolute Gasteiger partial charge is 0.379 e. The number of halogens is 1. The van der Waals surface area contributed by atoms with Crippen molar-refractivity contribution in [3.8, 4) is 0 Å². The molecule has 1 aliphatic carbocycles. The fourth-order valence-corrected chi connectivity index (χ4v) is 3.01. The molecule has 0 aromatic heterocycles. The molecule has 0 atom stereocenters. The van der Waals surface area contributed by atoms with Crippen molar-refractivity contribution < 1.29 is 4.74 Å². The topological polar surface area (TPSA) is 38.5 Å². The number of morpholine rings is 1. The molecular weight excluding hydrogens is 260 g/mol. The van der Waals surface area contributed by atoms with E-state index in [4.69, 9.17) is 22.1 Å². The fraction of sp³-hybridized carbons (Fsp3) is 0.600. The lowest BCUT2D eigenvalue weighted by molar-refractivity contribution is 0.0342. The first kappa shape index (κ1) is 13.4. The van der Waals surface area contributed by atoms with Gasteiger partial charge in [-0.05, 0) is 30.0 Å². The molecule has 2 N–H and O–H groups in total. The van der Waals surface area contributed by atoms with Gasteiger partial charge in [-0.25, -0.2) is 0 Å². The van der Waals surface area contributed by atoms with Crippen LogP contribution >= 0.6 is 11.6 Å². The van der Waals surface area contributed by atoms with Crippen molar-refractivity contribution in [3.05, 3.63) is 34.3 Å². The summed E-state index contributed by atoms with van der Waals surface area (Å²) in [7, 11) is 0. The summed E-state index contributed by atoms with van der Waals surface area (Å²) in [5.41, 5.74) is 8.62. The quantitative estimate of drug-likeness (QED) is 0.919. The van der Waals surface area contributed by atoms with Crippen molar-refractivity contribution in [1.29, 1.82) is 0 Å². The molecule has 0 bridgehead atoms. The van der Waals surface area contributed by atoms with Crippen LogP contribution in [0.1, 0.15) is 24.0 Å². The van der Waals surface area contributed by atoms with Crippen LogP contribution in [0.15, 0.2) is 18.2 Å². The van der Waals surface area contributed by atoms with Crippen LogP contribution < -0.4 is 5.73 Å². The SMILES string of the molecule is NCC1(c2ccc(CN3CCOCC3)c(Cl)c2)CC1. The zero-order valence-corrected chi connectivity index (χ0v) is 12.0. The lowest BCUT2D eigenvalue weighted by Gasteiger charge is -2.27. The average molecular weight is 281 g/mol. The van der Waals surface area contributed by atoms with Gasteiger partial charge < -0.3 is 10.5 Å². The Balaban J connectivity index is 1.72. The van der Waals surface area contributed by atoms with E-state index in [1.807, 2.05) is 0 Å². The molecule has 1 heterocycles. The molecule has 2 fully saturated rings. The maximum absolute atomic E-state index is 6.44. The van der Waals surface area contributed by atoms with Crippen molar-refractivity contribution in [1.82, 2.24) is 4.90 Å². The molecule has 1 aromatic carbocycles. The van der Waals surface area contributed by atoms with Gasteiger partial charge in [0.15, 0.2) is 0 Å². The molecule has 19 heavy (non-hydrogen) atoms. The van der Waals surface area contributed by atoms with Crippen molar-refractivity contribution in [2.45, 2.75) is 24.8 Å². The second kappa shape index (κ2) is 5.41. The Morgan fingerprint density at radius 1 is 1.26 bits per heavy atom. The first-order valence-corrected chi connectivity index (χ1v) is 7.40. The van der Waals surface area contributed by atoms with Gasteiger partial charge >= 0.3 is 0 Å². The van der Waals surface area contributed by atoms with Crippen LogP contribution in [0.25, 0.3) is 0 Å². The smallest absolute Gasteiger partial charge is 0.0594 e. The first-order chi connectivity index (χ1) is 9.23. The molecule has 1 saturated heterocycles. The van der Waals surface area contributed by atoms with Gasteiger partial charge in [-0.1, -0.05) is 23.7 Å². The summed E-state index contributed by atoms with van der Waals surface area (Å²) in [6.07, 6.45) is 2.39. The number of hydrogen-bond acceptors (Lipinski definition) is 3. The number of nitrogens with two attached hydrogens (primary N) is 1. The number of benzene rings is 1. The highest BCUT2D eigenvalue weighted by molar-refractivity contribution is 6.31. The van der Waals surface area contributed by atoms with Gasteiger partial charge in [0.1, 0.15) is 0 Å². The predicted octanol–water partition coefficient (Wildman–Crippen LogP) is 2.16. The van der Waals surface area contributed by atoms with E-state index in [-0.39, 0.29) is 5.41 Å². The van der Waals surface area contributed by atoms with Crippen LogP contribution in [-0.4, -0.2) is 37.7 Å². The average Bonchev–Trinajstić information content (AvgIpc) is 3.23. The number of rotatable bonds is 4.